The maximum Gasteiger partial charge on any atom is 0.129 e. The summed E-state index contributed by atoms with van der Waals surface area (Å²) in [5.74, 6) is 1.39. The number of unbranched alkanes of at least 4 members (excludes halogenated alkanes) is 2. The molecule has 0 radical (unpaired) electrons. The van der Waals surface area contributed by atoms with Gasteiger partial charge in [-0.05, 0) is 76.4 Å². The van der Waals surface area contributed by atoms with E-state index in [9.17, 15) is 4.79 Å². The standard InChI is InChI=1S/C20H36N2O/c1-3-18-13-20(14-18)15-22(16-20)19-8-11-21(12-9-19)10-6-4-5-7-17(2)23/h18-19H,3-16H2,1-2H3. The Hall–Kier alpha value is -0.410. The fourth-order valence-electron chi connectivity index (χ4n) is 5.18. The van der Waals surface area contributed by atoms with Gasteiger partial charge in [0.05, 0.1) is 0 Å². The van der Waals surface area contributed by atoms with Gasteiger partial charge in [0.25, 0.3) is 0 Å². The molecule has 0 bridgehead atoms. The van der Waals surface area contributed by atoms with Gasteiger partial charge in [-0.3, -0.25) is 4.90 Å². The molecule has 2 heterocycles. The third-order valence-corrected chi connectivity index (χ3v) is 6.67. The van der Waals surface area contributed by atoms with Crippen molar-refractivity contribution in [2.75, 3.05) is 32.7 Å². The van der Waals surface area contributed by atoms with Gasteiger partial charge in [0.1, 0.15) is 5.78 Å². The largest absolute Gasteiger partial charge is 0.303 e. The van der Waals surface area contributed by atoms with Crippen LogP contribution in [0.2, 0.25) is 0 Å². The van der Waals surface area contributed by atoms with Gasteiger partial charge in [0, 0.05) is 25.6 Å². The summed E-state index contributed by atoms with van der Waals surface area (Å²) in [5, 5.41) is 0. The molecule has 0 unspecified atom stereocenters. The maximum atomic E-state index is 10.9. The molecule has 3 heteroatoms. The van der Waals surface area contributed by atoms with Crippen LogP contribution in [0.15, 0.2) is 0 Å². The summed E-state index contributed by atoms with van der Waals surface area (Å²) in [6.45, 7) is 10.7. The first-order valence-electron chi connectivity index (χ1n) is 10.1. The van der Waals surface area contributed by atoms with Crippen molar-refractivity contribution < 1.29 is 4.79 Å². The van der Waals surface area contributed by atoms with Crippen LogP contribution in [0.25, 0.3) is 0 Å². The lowest BCUT2D eigenvalue weighted by molar-refractivity contribution is -0.121. The van der Waals surface area contributed by atoms with Crippen LogP contribution in [0.1, 0.15) is 71.6 Å². The zero-order chi connectivity index (χ0) is 16.3. The molecule has 0 aromatic carbocycles. The Labute approximate surface area is 142 Å². The highest BCUT2D eigenvalue weighted by atomic mass is 16.1. The van der Waals surface area contributed by atoms with E-state index in [-0.39, 0.29) is 0 Å². The molecule has 1 spiro atoms. The van der Waals surface area contributed by atoms with Crippen molar-refractivity contribution in [3.8, 4) is 0 Å². The van der Waals surface area contributed by atoms with Crippen molar-refractivity contribution in [3.63, 3.8) is 0 Å². The van der Waals surface area contributed by atoms with E-state index in [0.29, 0.717) is 5.78 Å². The average Bonchev–Trinajstić information content (AvgIpc) is 2.45. The Kier molecular flexibility index (Phi) is 5.79. The lowest BCUT2D eigenvalue weighted by Crippen LogP contribution is -2.65. The summed E-state index contributed by atoms with van der Waals surface area (Å²) < 4.78 is 0. The first kappa shape index (κ1) is 17.4. The van der Waals surface area contributed by atoms with Crippen molar-refractivity contribution in [2.24, 2.45) is 11.3 Å². The lowest BCUT2D eigenvalue weighted by Gasteiger charge is -2.62. The van der Waals surface area contributed by atoms with Crippen LogP contribution in [0.3, 0.4) is 0 Å². The van der Waals surface area contributed by atoms with E-state index in [1.165, 1.54) is 77.7 Å². The molecule has 23 heavy (non-hydrogen) atoms. The molecule has 0 aromatic heterocycles. The summed E-state index contributed by atoms with van der Waals surface area (Å²) >= 11 is 0. The number of likely N-dealkylation sites (tertiary alicyclic amines) is 2. The SMILES string of the molecule is CCC1CC2(C1)CN(C1CCN(CCCCCC(C)=O)CC1)C2. The quantitative estimate of drug-likeness (QED) is 0.637. The van der Waals surface area contributed by atoms with E-state index >= 15 is 0 Å². The Morgan fingerprint density at radius 1 is 1.09 bits per heavy atom. The maximum absolute atomic E-state index is 10.9. The molecular weight excluding hydrogens is 284 g/mol. The fraction of sp³-hybridized carbons (Fsp3) is 0.950. The first-order valence-corrected chi connectivity index (χ1v) is 10.1. The number of ketones is 1. The molecule has 0 atom stereocenters. The van der Waals surface area contributed by atoms with Crippen molar-refractivity contribution >= 4 is 5.78 Å². The number of piperidine rings is 1. The van der Waals surface area contributed by atoms with Crippen LogP contribution < -0.4 is 0 Å². The topological polar surface area (TPSA) is 23.6 Å². The molecule has 0 N–H and O–H groups in total. The van der Waals surface area contributed by atoms with Gasteiger partial charge in [-0.2, -0.15) is 0 Å². The summed E-state index contributed by atoms with van der Waals surface area (Å²) in [5.41, 5.74) is 0.758. The van der Waals surface area contributed by atoms with Crippen molar-refractivity contribution in [3.05, 3.63) is 0 Å². The van der Waals surface area contributed by atoms with Crippen LogP contribution in [-0.4, -0.2) is 54.3 Å². The number of carbonyl (C=O) groups excluding carboxylic acids is 1. The minimum absolute atomic E-state index is 0.342. The minimum Gasteiger partial charge on any atom is -0.303 e. The molecule has 132 valence electrons. The van der Waals surface area contributed by atoms with Gasteiger partial charge in [-0.15, -0.1) is 0 Å². The highest BCUT2D eigenvalue weighted by molar-refractivity contribution is 5.75. The molecule has 3 nitrogen and oxygen atoms in total. The van der Waals surface area contributed by atoms with Gasteiger partial charge in [-0.25, -0.2) is 0 Å². The number of hydrogen-bond donors (Lipinski definition) is 0. The number of carbonyl (C=O) groups is 1. The van der Waals surface area contributed by atoms with Gasteiger partial charge in [0.2, 0.25) is 0 Å². The van der Waals surface area contributed by atoms with E-state index in [1.807, 2.05) is 0 Å². The number of nitrogens with zero attached hydrogens (tertiary/aromatic N) is 2. The first-order chi connectivity index (χ1) is 11.1. The van der Waals surface area contributed by atoms with Gasteiger partial charge >= 0.3 is 0 Å². The van der Waals surface area contributed by atoms with Crippen LogP contribution in [0.5, 0.6) is 0 Å². The Balaban J connectivity index is 1.25. The fourth-order valence-corrected chi connectivity index (χ4v) is 5.18. The Morgan fingerprint density at radius 2 is 1.78 bits per heavy atom. The molecule has 1 saturated carbocycles. The van der Waals surface area contributed by atoms with E-state index < -0.39 is 0 Å². The van der Waals surface area contributed by atoms with Crippen LogP contribution in [-0.2, 0) is 4.79 Å². The van der Waals surface area contributed by atoms with Crippen LogP contribution >= 0.6 is 0 Å². The van der Waals surface area contributed by atoms with Crippen LogP contribution in [0, 0.1) is 11.3 Å². The molecule has 3 aliphatic rings. The zero-order valence-electron chi connectivity index (χ0n) is 15.4. The third-order valence-electron chi connectivity index (χ3n) is 6.67. The Morgan fingerprint density at radius 3 is 2.39 bits per heavy atom. The predicted octanol–water partition coefficient (Wildman–Crippen LogP) is 3.72. The van der Waals surface area contributed by atoms with Crippen molar-refractivity contribution in [1.82, 2.24) is 9.80 Å². The molecule has 0 aromatic rings. The van der Waals surface area contributed by atoms with E-state index in [0.717, 1.165) is 30.2 Å². The van der Waals surface area contributed by atoms with Crippen molar-refractivity contribution in [2.45, 2.75) is 77.7 Å². The smallest absolute Gasteiger partial charge is 0.129 e. The summed E-state index contributed by atoms with van der Waals surface area (Å²) in [7, 11) is 0. The van der Waals surface area contributed by atoms with Gasteiger partial charge in [0.15, 0.2) is 0 Å². The molecule has 2 aliphatic heterocycles. The zero-order valence-corrected chi connectivity index (χ0v) is 15.4. The molecule has 3 fully saturated rings. The molecule has 1 aliphatic carbocycles. The Bertz CT molecular complexity index is 386. The van der Waals surface area contributed by atoms with Gasteiger partial charge < -0.3 is 9.69 Å². The van der Waals surface area contributed by atoms with Gasteiger partial charge in [-0.1, -0.05) is 19.8 Å². The second-order valence-corrected chi connectivity index (χ2v) is 8.67. The van der Waals surface area contributed by atoms with Crippen LogP contribution in [0.4, 0.5) is 0 Å². The van der Waals surface area contributed by atoms with E-state index in [1.54, 1.807) is 6.92 Å². The molecule has 0 amide bonds. The lowest BCUT2D eigenvalue weighted by atomic mass is 9.56. The molecule has 2 saturated heterocycles. The monoisotopic (exact) mass is 320 g/mol. The van der Waals surface area contributed by atoms with E-state index in [4.69, 9.17) is 0 Å². The second kappa shape index (κ2) is 7.65. The van der Waals surface area contributed by atoms with Crippen molar-refractivity contribution in [1.29, 1.82) is 0 Å². The number of rotatable bonds is 8. The summed E-state index contributed by atoms with van der Waals surface area (Å²) in [4.78, 5) is 16.4. The second-order valence-electron chi connectivity index (χ2n) is 8.67. The highest BCUT2D eigenvalue weighted by Crippen LogP contribution is 2.53. The number of hydrogen-bond acceptors (Lipinski definition) is 3. The average molecular weight is 321 g/mol. The number of Topliss-reactive ketones (excluding diaryl/α,β-unsaturated/α-hetero) is 1. The third kappa shape index (κ3) is 4.36. The molecular formula is C20H36N2O. The predicted molar refractivity (Wildman–Crippen MR) is 95.6 cm³/mol. The summed E-state index contributed by atoms with van der Waals surface area (Å²) in [6.07, 6.45) is 11.5. The van der Waals surface area contributed by atoms with E-state index in [2.05, 4.69) is 16.7 Å². The molecule has 3 rings (SSSR count). The summed E-state index contributed by atoms with van der Waals surface area (Å²) in [6, 6.07) is 0.871. The highest BCUT2D eigenvalue weighted by Gasteiger charge is 2.52. The minimum atomic E-state index is 0.342. The normalized spacial score (nSPS) is 26.2.